The quantitative estimate of drug-likeness (QED) is 0.394. The summed E-state index contributed by atoms with van der Waals surface area (Å²) >= 11 is 0. The van der Waals surface area contributed by atoms with E-state index in [1.807, 2.05) is 0 Å². The molecule has 4 nitrogen and oxygen atoms in total. The summed E-state index contributed by atoms with van der Waals surface area (Å²) in [7, 11) is 1.75. The molecule has 0 saturated carbocycles. The summed E-state index contributed by atoms with van der Waals surface area (Å²) in [5.74, 6) is 1.73. The third-order valence-corrected chi connectivity index (χ3v) is 4.64. The van der Waals surface area contributed by atoms with Crippen LogP contribution in [0.25, 0.3) is 0 Å². The number of hydrogen-bond donors (Lipinski definition) is 2. The minimum Gasteiger partial charge on any atom is -0.496 e. The molecular formula is C28H54N2O2. The highest BCUT2D eigenvalue weighted by Gasteiger charge is 2.14. The van der Waals surface area contributed by atoms with E-state index in [0.29, 0.717) is 5.41 Å². The first-order valence-electron chi connectivity index (χ1n) is 12.3. The molecule has 0 aromatic heterocycles. The first kappa shape index (κ1) is 30.9. The van der Waals surface area contributed by atoms with Gasteiger partial charge in [0.05, 0.1) is 13.7 Å². The Bertz CT molecular complexity index is 620. The predicted molar refractivity (Wildman–Crippen MR) is 141 cm³/mol. The van der Waals surface area contributed by atoms with E-state index in [2.05, 4.69) is 105 Å². The maximum Gasteiger partial charge on any atom is 0.123 e. The average molecular weight is 451 g/mol. The van der Waals surface area contributed by atoms with Gasteiger partial charge in [-0.25, -0.2) is 0 Å². The summed E-state index contributed by atoms with van der Waals surface area (Å²) in [5.41, 5.74) is 3.19. The Morgan fingerprint density at radius 3 is 1.91 bits per heavy atom. The van der Waals surface area contributed by atoms with E-state index in [-0.39, 0.29) is 11.1 Å². The molecule has 0 fully saturated rings. The van der Waals surface area contributed by atoms with E-state index in [4.69, 9.17) is 9.47 Å². The Balaban J connectivity index is 0.000000649. The first-order valence-corrected chi connectivity index (χ1v) is 12.3. The van der Waals surface area contributed by atoms with E-state index < -0.39 is 0 Å². The molecule has 188 valence electrons. The third-order valence-electron chi connectivity index (χ3n) is 4.64. The number of rotatable bonds is 10. The van der Waals surface area contributed by atoms with Crippen LogP contribution < -0.4 is 15.4 Å². The zero-order valence-electron chi connectivity index (χ0n) is 23.4. The average Bonchev–Trinajstić information content (AvgIpc) is 2.61. The van der Waals surface area contributed by atoms with Crippen molar-refractivity contribution >= 4 is 0 Å². The van der Waals surface area contributed by atoms with Crippen molar-refractivity contribution in [3.63, 3.8) is 0 Å². The summed E-state index contributed by atoms with van der Waals surface area (Å²) < 4.78 is 11.0. The standard InChI is InChI=1S/C17H29NO.C11H25NO/c1-16(2,3)11-13-8-9-14(15(10-13)19-7)12-18-17(4,5)6;1-10(2)6-8-13-9-7-12-11(3,4)5/h8-10,18H,11-12H2,1-7H3;10,12H,6-9H2,1-5H3. The van der Waals surface area contributed by atoms with Gasteiger partial charge >= 0.3 is 0 Å². The molecule has 2 N–H and O–H groups in total. The van der Waals surface area contributed by atoms with E-state index in [9.17, 15) is 0 Å². The lowest BCUT2D eigenvalue weighted by atomic mass is 9.88. The summed E-state index contributed by atoms with van der Waals surface area (Å²) in [6.45, 7) is 27.7. The Morgan fingerprint density at radius 1 is 0.844 bits per heavy atom. The van der Waals surface area contributed by atoms with Crippen LogP contribution in [0, 0.1) is 11.3 Å². The number of methoxy groups -OCH3 is 1. The van der Waals surface area contributed by atoms with E-state index in [0.717, 1.165) is 50.8 Å². The molecule has 0 atom stereocenters. The second-order valence-corrected chi connectivity index (χ2v) is 12.5. The van der Waals surface area contributed by atoms with Gasteiger partial charge in [0.15, 0.2) is 0 Å². The molecule has 32 heavy (non-hydrogen) atoms. The van der Waals surface area contributed by atoms with Gasteiger partial charge in [-0.15, -0.1) is 0 Å². The Morgan fingerprint density at radius 2 is 1.44 bits per heavy atom. The van der Waals surface area contributed by atoms with Crippen LogP contribution in [-0.2, 0) is 17.7 Å². The molecule has 4 heteroatoms. The van der Waals surface area contributed by atoms with Crippen molar-refractivity contribution in [3.8, 4) is 5.75 Å². The molecule has 0 saturated heterocycles. The lowest BCUT2D eigenvalue weighted by Gasteiger charge is -2.22. The van der Waals surface area contributed by atoms with Crippen LogP contribution in [0.3, 0.4) is 0 Å². The highest BCUT2D eigenvalue weighted by Crippen LogP contribution is 2.26. The van der Waals surface area contributed by atoms with Gasteiger partial charge in [0.2, 0.25) is 0 Å². The van der Waals surface area contributed by atoms with Gasteiger partial charge in [-0.3, -0.25) is 0 Å². The fraction of sp³-hybridized carbons (Fsp3) is 0.786. The summed E-state index contributed by atoms with van der Waals surface area (Å²) in [6, 6.07) is 6.57. The largest absolute Gasteiger partial charge is 0.496 e. The van der Waals surface area contributed by atoms with Gasteiger partial charge in [0, 0.05) is 36.3 Å². The first-order chi connectivity index (χ1) is 14.5. The van der Waals surface area contributed by atoms with Crippen LogP contribution in [-0.4, -0.2) is 37.9 Å². The lowest BCUT2D eigenvalue weighted by Crippen LogP contribution is -2.38. The Labute approximate surface area is 200 Å². The van der Waals surface area contributed by atoms with Crippen molar-refractivity contribution in [2.45, 2.75) is 107 Å². The molecule has 1 aromatic rings. The minimum absolute atomic E-state index is 0.120. The third kappa shape index (κ3) is 18.5. The van der Waals surface area contributed by atoms with Gasteiger partial charge in [0.1, 0.15) is 5.75 Å². The zero-order valence-corrected chi connectivity index (χ0v) is 23.4. The van der Waals surface area contributed by atoms with Gasteiger partial charge in [-0.1, -0.05) is 46.8 Å². The molecule has 0 amide bonds. The van der Waals surface area contributed by atoms with Crippen molar-refractivity contribution in [1.82, 2.24) is 10.6 Å². The van der Waals surface area contributed by atoms with E-state index >= 15 is 0 Å². The SMILES string of the molecule is CC(C)CCOCCNC(C)(C)C.COc1cc(CC(C)(C)C)ccc1CNC(C)(C)C. The molecule has 0 aliphatic rings. The van der Waals surface area contributed by atoms with Gasteiger partial charge in [0.25, 0.3) is 0 Å². The smallest absolute Gasteiger partial charge is 0.123 e. The van der Waals surface area contributed by atoms with Gasteiger partial charge < -0.3 is 20.1 Å². The normalized spacial score (nSPS) is 12.5. The molecule has 1 aromatic carbocycles. The monoisotopic (exact) mass is 450 g/mol. The molecule has 0 aliphatic heterocycles. The Hall–Kier alpha value is -1.10. The topological polar surface area (TPSA) is 42.5 Å². The molecule has 0 spiro atoms. The fourth-order valence-electron chi connectivity index (χ4n) is 2.94. The highest BCUT2D eigenvalue weighted by atomic mass is 16.5. The second-order valence-electron chi connectivity index (χ2n) is 12.5. The fourth-order valence-corrected chi connectivity index (χ4v) is 2.94. The number of benzene rings is 1. The maximum absolute atomic E-state index is 5.53. The zero-order chi connectivity index (χ0) is 25.0. The second kappa shape index (κ2) is 14.2. The molecule has 0 heterocycles. The number of ether oxygens (including phenoxy) is 2. The van der Waals surface area contributed by atoms with Crippen molar-refractivity contribution < 1.29 is 9.47 Å². The highest BCUT2D eigenvalue weighted by molar-refractivity contribution is 5.38. The van der Waals surface area contributed by atoms with Crippen LogP contribution in [0.1, 0.15) is 93.7 Å². The molecule has 0 unspecified atom stereocenters. The molecule has 0 aliphatic carbocycles. The van der Waals surface area contributed by atoms with Gasteiger partial charge in [-0.2, -0.15) is 0 Å². The van der Waals surface area contributed by atoms with Crippen LogP contribution in [0.15, 0.2) is 18.2 Å². The molecular weight excluding hydrogens is 396 g/mol. The van der Waals surface area contributed by atoms with Crippen LogP contribution in [0.4, 0.5) is 0 Å². The predicted octanol–water partition coefficient (Wildman–Crippen LogP) is 6.61. The van der Waals surface area contributed by atoms with Crippen LogP contribution in [0.5, 0.6) is 5.75 Å². The lowest BCUT2D eigenvalue weighted by molar-refractivity contribution is 0.121. The van der Waals surface area contributed by atoms with E-state index in [1.54, 1.807) is 7.11 Å². The van der Waals surface area contributed by atoms with Crippen molar-refractivity contribution in [2.75, 3.05) is 26.9 Å². The maximum atomic E-state index is 5.53. The number of hydrogen-bond acceptors (Lipinski definition) is 4. The minimum atomic E-state index is 0.120. The Kier molecular flexibility index (Phi) is 13.7. The van der Waals surface area contributed by atoms with Gasteiger partial charge in [-0.05, 0) is 77.3 Å². The van der Waals surface area contributed by atoms with Crippen LogP contribution in [0.2, 0.25) is 0 Å². The van der Waals surface area contributed by atoms with Crippen molar-refractivity contribution in [2.24, 2.45) is 11.3 Å². The summed E-state index contributed by atoms with van der Waals surface area (Å²) in [5, 5.41) is 6.89. The van der Waals surface area contributed by atoms with Crippen LogP contribution >= 0.6 is 0 Å². The van der Waals surface area contributed by atoms with Crippen molar-refractivity contribution in [3.05, 3.63) is 29.3 Å². The van der Waals surface area contributed by atoms with Crippen molar-refractivity contribution in [1.29, 1.82) is 0 Å². The number of nitrogens with one attached hydrogen (secondary N) is 2. The summed E-state index contributed by atoms with van der Waals surface area (Å²) in [4.78, 5) is 0. The molecule has 0 radical (unpaired) electrons. The molecule has 0 bridgehead atoms. The van der Waals surface area contributed by atoms with E-state index in [1.165, 1.54) is 11.1 Å². The summed E-state index contributed by atoms with van der Waals surface area (Å²) in [6.07, 6.45) is 2.23. The molecule has 1 rings (SSSR count).